The molecule has 0 radical (unpaired) electrons. The number of hydrogen-bond acceptors (Lipinski definition) is 3. The fourth-order valence-electron chi connectivity index (χ4n) is 6.81. The van der Waals surface area contributed by atoms with Crippen molar-refractivity contribution in [2.24, 2.45) is 17.8 Å². The van der Waals surface area contributed by atoms with Crippen molar-refractivity contribution in [3.63, 3.8) is 0 Å². The van der Waals surface area contributed by atoms with Crippen molar-refractivity contribution in [2.75, 3.05) is 18.1 Å². The largest absolute Gasteiger partial charge is 0.325 e. The van der Waals surface area contributed by atoms with Crippen molar-refractivity contribution >= 4 is 21.6 Å². The molecule has 2 aromatic carbocycles. The highest BCUT2D eigenvalue weighted by atomic mass is 32.2. The van der Waals surface area contributed by atoms with Crippen LogP contribution in [0.15, 0.2) is 54.6 Å². The van der Waals surface area contributed by atoms with Crippen molar-refractivity contribution in [2.45, 2.75) is 50.5 Å². The molecule has 0 aromatic heterocycles. The molecule has 4 saturated carbocycles. The third-order valence-electron chi connectivity index (χ3n) is 7.81. The van der Waals surface area contributed by atoms with Gasteiger partial charge in [-0.2, -0.15) is 4.31 Å². The number of amides is 1. The fraction of sp³-hybridized carbons (Fsp3) is 0.500. The molecule has 0 saturated heterocycles. The second kappa shape index (κ2) is 8.31. The number of nitrogens with one attached hydrogen (secondary N) is 1. The molecule has 4 aliphatic rings. The lowest BCUT2D eigenvalue weighted by molar-refractivity contribution is -0.116. The summed E-state index contributed by atoms with van der Waals surface area (Å²) in [5.74, 6) is 2.36. The number of carbonyl (C=O) groups excluding carboxylic acids is 1. The molecule has 6 heteroatoms. The summed E-state index contributed by atoms with van der Waals surface area (Å²) >= 11 is 0. The fourth-order valence-corrected chi connectivity index (χ4v) is 7.54. The van der Waals surface area contributed by atoms with E-state index in [0.29, 0.717) is 5.41 Å². The predicted molar refractivity (Wildman–Crippen MR) is 127 cm³/mol. The normalized spacial score (nSPS) is 28.8. The van der Waals surface area contributed by atoms with Gasteiger partial charge in [-0.3, -0.25) is 4.79 Å². The Morgan fingerprint density at radius 3 is 2.03 bits per heavy atom. The first-order valence-corrected chi connectivity index (χ1v) is 13.5. The molecular formula is C26H32N2O3S. The van der Waals surface area contributed by atoms with Crippen LogP contribution in [-0.2, 0) is 26.8 Å². The lowest BCUT2D eigenvalue weighted by atomic mass is 9.48. The minimum atomic E-state index is -3.51. The Morgan fingerprint density at radius 1 is 0.938 bits per heavy atom. The summed E-state index contributed by atoms with van der Waals surface area (Å²) in [6.45, 7) is -0.0253. The van der Waals surface area contributed by atoms with E-state index in [-0.39, 0.29) is 19.0 Å². The molecule has 5 nitrogen and oxygen atoms in total. The summed E-state index contributed by atoms with van der Waals surface area (Å²) in [6.07, 6.45) is 9.35. The van der Waals surface area contributed by atoms with Crippen molar-refractivity contribution in [3.8, 4) is 0 Å². The molecule has 1 N–H and O–H groups in total. The highest BCUT2D eigenvalue weighted by Gasteiger charge is 2.51. The SMILES string of the molecule is CS(=O)(=O)N(CC(=O)Nc1ccc(C23CC4CC(CC(C4)C2)C3)cc1)Cc1ccccc1. The highest BCUT2D eigenvalue weighted by molar-refractivity contribution is 7.88. The van der Waals surface area contributed by atoms with Gasteiger partial charge >= 0.3 is 0 Å². The Balaban J connectivity index is 1.25. The van der Waals surface area contributed by atoms with E-state index in [2.05, 4.69) is 17.4 Å². The van der Waals surface area contributed by atoms with E-state index in [1.165, 1.54) is 48.4 Å². The molecule has 6 rings (SSSR count). The molecule has 4 bridgehead atoms. The van der Waals surface area contributed by atoms with Gasteiger partial charge in [-0.15, -0.1) is 0 Å². The van der Waals surface area contributed by atoms with Crippen LogP contribution in [0, 0.1) is 17.8 Å². The zero-order chi connectivity index (χ0) is 22.3. The molecule has 0 heterocycles. The molecule has 4 fully saturated rings. The maximum absolute atomic E-state index is 12.6. The number of hydrogen-bond donors (Lipinski definition) is 1. The van der Waals surface area contributed by atoms with Crippen molar-refractivity contribution in [1.82, 2.24) is 4.31 Å². The Labute approximate surface area is 191 Å². The van der Waals surface area contributed by atoms with Crippen LogP contribution in [-0.4, -0.2) is 31.4 Å². The van der Waals surface area contributed by atoms with Gasteiger partial charge in [-0.05, 0) is 85.0 Å². The molecule has 1 amide bonds. The molecule has 170 valence electrons. The molecule has 0 unspecified atom stereocenters. The molecular weight excluding hydrogens is 420 g/mol. The van der Waals surface area contributed by atoms with Crippen LogP contribution in [0.1, 0.15) is 49.7 Å². The van der Waals surface area contributed by atoms with Gasteiger partial charge in [0, 0.05) is 12.2 Å². The lowest BCUT2D eigenvalue weighted by Gasteiger charge is -2.57. The van der Waals surface area contributed by atoms with E-state index < -0.39 is 10.0 Å². The summed E-state index contributed by atoms with van der Waals surface area (Å²) in [6, 6.07) is 17.7. The van der Waals surface area contributed by atoms with Crippen LogP contribution in [0.2, 0.25) is 0 Å². The van der Waals surface area contributed by atoms with Gasteiger partial charge < -0.3 is 5.32 Å². The molecule has 0 spiro atoms. The maximum atomic E-state index is 12.6. The Bertz CT molecular complexity index is 1040. The Morgan fingerprint density at radius 2 is 1.50 bits per heavy atom. The number of anilines is 1. The van der Waals surface area contributed by atoms with Crippen LogP contribution in [0.5, 0.6) is 0 Å². The van der Waals surface area contributed by atoms with Gasteiger partial charge in [0.15, 0.2) is 0 Å². The predicted octanol–water partition coefficient (Wildman–Crippen LogP) is 4.55. The number of nitrogens with zero attached hydrogens (tertiary/aromatic N) is 1. The summed E-state index contributed by atoms with van der Waals surface area (Å²) < 4.78 is 25.6. The zero-order valence-corrected chi connectivity index (χ0v) is 19.5. The molecule has 0 aliphatic heterocycles. The standard InChI is InChI=1S/C26H32N2O3S/c1-32(30,31)28(17-19-5-3-2-4-6-19)18-25(29)27-24-9-7-23(8-10-24)26-14-20-11-21(15-26)13-22(12-20)16-26/h2-10,20-22H,11-18H2,1H3,(H,27,29). The summed E-state index contributed by atoms with van der Waals surface area (Å²) in [4.78, 5) is 12.6. The van der Waals surface area contributed by atoms with E-state index in [4.69, 9.17) is 0 Å². The van der Waals surface area contributed by atoms with Gasteiger partial charge in [0.1, 0.15) is 0 Å². The van der Waals surface area contributed by atoms with E-state index >= 15 is 0 Å². The van der Waals surface area contributed by atoms with Crippen LogP contribution in [0.4, 0.5) is 5.69 Å². The van der Waals surface area contributed by atoms with Crippen molar-refractivity contribution in [3.05, 3.63) is 65.7 Å². The summed E-state index contributed by atoms with van der Waals surface area (Å²) in [5, 5.41) is 2.89. The third kappa shape index (κ3) is 4.48. The van der Waals surface area contributed by atoms with Gasteiger partial charge in [0.25, 0.3) is 0 Å². The second-order valence-corrected chi connectivity index (χ2v) is 12.3. The van der Waals surface area contributed by atoms with Crippen molar-refractivity contribution in [1.29, 1.82) is 0 Å². The van der Waals surface area contributed by atoms with Gasteiger partial charge in [0.05, 0.1) is 12.8 Å². The highest BCUT2D eigenvalue weighted by Crippen LogP contribution is 2.60. The van der Waals surface area contributed by atoms with Gasteiger partial charge in [-0.1, -0.05) is 42.5 Å². The quantitative estimate of drug-likeness (QED) is 0.670. The van der Waals surface area contributed by atoms with E-state index in [1.807, 2.05) is 42.5 Å². The van der Waals surface area contributed by atoms with Crippen LogP contribution in [0.3, 0.4) is 0 Å². The number of benzene rings is 2. The average Bonchev–Trinajstić information content (AvgIpc) is 2.73. The van der Waals surface area contributed by atoms with Crippen LogP contribution >= 0.6 is 0 Å². The van der Waals surface area contributed by atoms with Crippen LogP contribution < -0.4 is 5.32 Å². The minimum absolute atomic E-state index is 0.179. The summed E-state index contributed by atoms with van der Waals surface area (Å²) in [5.41, 5.74) is 3.32. The van der Waals surface area contributed by atoms with Gasteiger partial charge in [0.2, 0.25) is 15.9 Å². The second-order valence-electron chi connectivity index (χ2n) is 10.3. The van der Waals surface area contributed by atoms with Gasteiger partial charge in [-0.25, -0.2) is 8.42 Å². The Hall–Kier alpha value is -2.18. The topological polar surface area (TPSA) is 66.5 Å². The zero-order valence-electron chi connectivity index (χ0n) is 18.7. The molecule has 0 atom stereocenters. The minimum Gasteiger partial charge on any atom is -0.325 e. The first kappa shape index (κ1) is 21.7. The van der Waals surface area contributed by atoms with E-state index in [9.17, 15) is 13.2 Å². The lowest BCUT2D eigenvalue weighted by Crippen LogP contribution is -2.48. The monoisotopic (exact) mass is 452 g/mol. The first-order valence-electron chi connectivity index (χ1n) is 11.7. The maximum Gasteiger partial charge on any atom is 0.239 e. The smallest absolute Gasteiger partial charge is 0.239 e. The van der Waals surface area contributed by atoms with Crippen LogP contribution in [0.25, 0.3) is 0 Å². The molecule has 32 heavy (non-hydrogen) atoms. The number of carbonyl (C=O) groups is 1. The first-order chi connectivity index (χ1) is 15.3. The summed E-state index contributed by atoms with van der Waals surface area (Å²) in [7, 11) is -3.51. The molecule has 4 aliphatic carbocycles. The molecule has 2 aromatic rings. The Kier molecular flexibility index (Phi) is 5.62. The third-order valence-corrected chi connectivity index (χ3v) is 9.01. The number of rotatable bonds is 7. The van der Waals surface area contributed by atoms with E-state index in [0.717, 1.165) is 35.3 Å². The average molecular weight is 453 g/mol. The van der Waals surface area contributed by atoms with Crippen molar-refractivity contribution < 1.29 is 13.2 Å². The number of sulfonamides is 1. The van der Waals surface area contributed by atoms with E-state index in [1.54, 1.807) is 0 Å².